The molecule has 2 atom stereocenters. The second kappa shape index (κ2) is 5.09. The van der Waals surface area contributed by atoms with E-state index in [0.29, 0.717) is 0 Å². The second-order valence-corrected chi connectivity index (χ2v) is 2.38. The number of ether oxygens (including phenoxy) is 2. The summed E-state index contributed by atoms with van der Waals surface area (Å²) in [4.78, 5) is 10.7. The van der Waals surface area contributed by atoms with Crippen LogP contribution in [-0.4, -0.2) is 32.3 Å². The fraction of sp³-hybridized carbons (Fsp3) is 0.857. The molecule has 2 N–H and O–H groups in total. The highest BCUT2D eigenvalue weighted by Gasteiger charge is 2.15. The summed E-state index contributed by atoms with van der Waals surface area (Å²) in [6.07, 6.45) is 0.0833. The SMILES string of the molecule is COC(=O)CC(N)C(C)OC. The fourth-order valence-corrected chi connectivity index (χ4v) is 0.617. The molecule has 0 aliphatic rings. The van der Waals surface area contributed by atoms with Crippen LogP contribution in [0.4, 0.5) is 0 Å². The Bertz CT molecular complexity index is 127. The maximum atomic E-state index is 10.7. The normalized spacial score (nSPS) is 15.6. The summed E-state index contributed by atoms with van der Waals surface area (Å²) in [5.74, 6) is -0.304. The average Bonchev–Trinajstić information content (AvgIpc) is 2.02. The summed E-state index contributed by atoms with van der Waals surface area (Å²) >= 11 is 0. The molecule has 0 fully saturated rings. The zero-order valence-corrected chi connectivity index (χ0v) is 7.16. The molecule has 0 saturated carbocycles. The molecule has 0 aromatic rings. The summed E-state index contributed by atoms with van der Waals surface area (Å²) in [7, 11) is 2.90. The van der Waals surface area contributed by atoms with E-state index in [1.165, 1.54) is 7.11 Å². The molecule has 0 saturated heterocycles. The van der Waals surface area contributed by atoms with Gasteiger partial charge in [-0.2, -0.15) is 0 Å². The van der Waals surface area contributed by atoms with Gasteiger partial charge < -0.3 is 15.2 Å². The minimum atomic E-state index is -0.304. The number of rotatable bonds is 4. The number of nitrogens with two attached hydrogens (primary N) is 1. The van der Waals surface area contributed by atoms with E-state index in [1.807, 2.05) is 6.92 Å². The van der Waals surface area contributed by atoms with Gasteiger partial charge in [-0.1, -0.05) is 0 Å². The van der Waals surface area contributed by atoms with Crippen molar-refractivity contribution in [1.29, 1.82) is 0 Å². The summed E-state index contributed by atoms with van der Waals surface area (Å²) in [6.45, 7) is 1.81. The minimum Gasteiger partial charge on any atom is -0.469 e. The molecule has 2 unspecified atom stereocenters. The predicted octanol–water partition coefficient (Wildman–Crippen LogP) is -0.0883. The van der Waals surface area contributed by atoms with E-state index in [-0.39, 0.29) is 24.5 Å². The van der Waals surface area contributed by atoms with Gasteiger partial charge in [-0.3, -0.25) is 4.79 Å². The lowest BCUT2D eigenvalue weighted by atomic mass is 10.1. The Kier molecular flexibility index (Phi) is 4.81. The van der Waals surface area contributed by atoms with Gasteiger partial charge >= 0.3 is 5.97 Å². The maximum Gasteiger partial charge on any atom is 0.307 e. The highest BCUT2D eigenvalue weighted by atomic mass is 16.5. The number of hydrogen-bond donors (Lipinski definition) is 1. The lowest BCUT2D eigenvalue weighted by Gasteiger charge is -2.16. The molecule has 0 bridgehead atoms. The Balaban J connectivity index is 3.67. The van der Waals surface area contributed by atoms with Crippen molar-refractivity contribution in [1.82, 2.24) is 0 Å². The smallest absolute Gasteiger partial charge is 0.307 e. The van der Waals surface area contributed by atoms with Crippen LogP contribution < -0.4 is 5.73 Å². The summed E-state index contributed by atoms with van der Waals surface area (Å²) < 4.78 is 9.37. The van der Waals surface area contributed by atoms with Crippen molar-refractivity contribution in [3.63, 3.8) is 0 Å². The molecule has 0 aliphatic carbocycles. The number of carbonyl (C=O) groups excluding carboxylic acids is 1. The molecule has 11 heavy (non-hydrogen) atoms. The molecule has 0 heterocycles. The van der Waals surface area contributed by atoms with E-state index in [4.69, 9.17) is 10.5 Å². The summed E-state index contributed by atoms with van der Waals surface area (Å²) in [5, 5.41) is 0. The molecule has 66 valence electrons. The van der Waals surface area contributed by atoms with E-state index < -0.39 is 0 Å². The Labute approximate surface area is 66.7 Å². The first-order chi connectivity index (χ1) is 5.11. The lowest BCUT2D eigenvalue weighted by Crippen LogP contribution is -2.36. The topological polar surface area (TPSA) is 61.5 Å². The first kappa shape index (κ1) is 10.4. The molecule has 0 spiro atoms. The second-order valence-electron chi connectivity index (χ2n) is 2.38. The zero-order valence-electron chi connectivity index (χ0n) is 7.16. The Hall–Kier alpha value is -0.610. The van der Waals surface area contributed by atoms with Crippen LogP contribution in [0, 0.1) is 0 Å². The Morgan fingerprint density at radius 1 is 1.55 bits per heavy atom. The highest BCUT2D eigenvalue weighted by molar-refractivity contribution is 5.69. The van der Waals surface area contributed by atoms with Gasteiger partial charge in [0.1, 0.15) is 0 Å². The van der Waals surface area contributed by atoms with Crippen molar-refractivity contribution >= 4 is 5.97 Å². The van der Waals surface area contributed by atoms with Crippen molar-refractivity contribution in [3.05, 3.63) is 0 Å². The van der Waals surface area contributed by atoms with Gasteiger partial charge in [-0.25, -0.2) is 0 Å². The molecule has 4 heteroatoms. The van der Waals surface area contributed by atoms with E-state index in [1.54, 1.807) is 7.11 Å². The van der Waals surface area contributed by atoms with Crippen molar-refractivity contribution in [2.24, 2.45) is 5.73 Å². The molecular weight excluding hydrogens is 146 g/mol. The van der Waals surface area contributed by atoms with E-state index in [2.05, 4.69) is 4.74 Å². The molecule has 0 amide bonds. The van der Waals surface area contributed by atoms with Crippen LogP contribution in [0.1, 0.15) is 13.3 Å². The monoisotopic (exact) mass is 161 g/mol. The zero-order chi connectivity index (χ0) is 8.85. The molecule has 4 nitrogen and oxygen atoms in total. The van der Waals surface area contributed by atoms with Gasteiger partial charge in [0.25, 0.3) is 0 Å². The van der Waals surface area contributed by atoms with Crippen molar-refractivity contribution in [3.8, 4) is 0 Å². The molecular formula is C7H15NO3. The molecule has 0 aliphatic heterocycles. The predicted molar refractivity (Wildman–Crippen MR) is 41.1 cm³/mol. The van der Waals surface area contributed by atoms with Crippen LogP contribution in [0.3, 0.4) is 0 Å². The molecule has 0 radical (unpaired) electrons. The van der Waals surface area contributed by atoms with Crippen LogP contribution >= 0.6 is 0 Å². The Morgan fingerprint density at radius 2 is 2.09 bits per heavy atom. The maximum absolute atomic E-state index is 10.7. The first-order valence-corrected chi connectivity index (χ1v) is 3.47. The third-order valence-corrected chi connectivity index (χ3v) is 1.60. The van der Waals surface area contributed by atoms with Crippen molar-refractivity contribution in [2.75, 3.05) is 14.2 Å². The van der Waals surface area contributed by atoms with Crippen molar-refractivity contribution < 1.29 is 14.3 Å². The van der Waals surface area contributed by atoms with Gasteiger partial charge in [-0.05, 0) is 6.92 Å². The van der Waals surface area contributed by atoms with Gasteiger partial charge in [0.2, 0.25) is 0 Å². The van der Waals surface area contributed by atoms with Gasteiger partial charge in [0.05, 0.1) is 19.6 Å². The van der Waals surface area contributed by atoms with Crippen LogP contribution in [0.15, 0.2) is 0 Å². The van der Waals surface area contributed by atoms with Crippen LogP contribution in [0.2, 0.25) is 0 Å². The number of carbonyl (C=O) groups is 1. The van der Waals surface area contributed by atoms with Gasteiger partial charge in [0.15, 0.2) is 0 Å². The average molecular weight is 161 g/mol. The number of methoxy groups -OCH3 is 2. The van der Waals surface area contributed by atoms with Gasteiger partial charge in [-0.15, -0.1) is 0 Å². The quantitative estimate of drug-likeness (QED) is 0.585. The third kappa shape index (κ3) is 3.95. The van der Waals surface area contributed by atoms with Crippen LogP contribution in [0.25, 0.3) is 0 Å². The van der Waals surface area contributed by atoms with Crippen LogP contribution in [0.5, 0.6) is 0 Å². The van der Waals surface area contributed by atoms with Gasteiger partial charge in [0, 0.05) is 13.2 Å². The van der Waals surface area contributed by atoms with E-state index in [0.717, 1.165) is 0 Å². The lowest BCUT2D eigenvalue weighted by molar-refractivity contribution is -0.141. The summed E-state index contributed by atoms with van der Waals surface area (Å²) in [5.41, 5.74) is 5.58. The fourth-order valence-electron chi connectivity index (χ4n) is 0.617. The molecule has 0 aromatic carbocycles. The largest absolute Gasteiger partial charge is 0.469 e. The van der Waals surface area contributed by atoms with E-state index >= 15 is 0 Å². The van der Waals surface area contributed by atoms with Crippen LogP contribution in [-0.2, 0) is 14.3 Å². The Morgan fingerprint density at radius 3 is 2.45 bits per heavy atom. The number of esters is 1. The van der Waals surface area contributed by atoms with E-state index in [9.17, 15) is 4.79 Å². The number of hydrogen-bond acceptors (Lipinski definition) is 4. The minimum absolute atomic E-state index is 0.117. The summed E-state index contributed by atoms with van der Waals surface area (Å²) in [6, 6.07) is -0.285. The first-order valence-electron chi connectivity index (χ1n) is 3.47. The molecule has 0 rings (SSSR count). The standard InChI is InChI=1S/C7H15NO3/c1-5(10-2)6(8)4-7(9)11-3/h5-6H,4,8H2,1-3H3. The van der Waals surface area contributed by atoms with Crippen molar-refractivity contribution in [2.45, 2.75) is 25.5 Å². The molecule has 0 aromatic heterocycles. The highest BCUT2D eigenvalue weighted by Crippen LogP contribution is 1.99. The third-order valence-electron chi connectivity index (χ3n) is 1.60.